The van der Waals surface area contributed by atoms with Crippen LogP contribution in [0.15, 0.2) is 54.9 Å². The number of imidazole rings is 1. The highest BCUT2D eigenvalue weighted by atomic mass is 19.1. The van der Waals surface area contributed by atoms with Gasteiger partial charge in [-0.05, 0) is 49.7 Å². The Kier molecular flexibility index (Phi) is 6.46. The molecule has 8 heteroatoms. The standard InChI is InChI=1S/C25H23F2N3O3/c1-15-8-9-17(12-28-15)18(13-31)11-22(32)24-16(2)29-25-23(7-4-10-30(24)25)33-14-19-20(26)5-3-6-21(19)27/h3-10,12,18,31H,11,13-14H2,1-2H3. The lowest BCUT2D eigenvalue weighted by Gasteiger charge is -2.14. The van der Waals surface area contributed by atoms with Crippen molar-refractivity contribution in [3.05, 3.63) is 94.7 Å². The number of halogens is 2. The third-order valence-corrected chi connectivity index (χ3v) is 5.54. The number of nitrogens with zero attached hydrogens (tertiary/aromatic N) is 3. The summed E-state index contributed by atoms with van der Waals surface area (Å²) in [5.41, 5.74) is 2.67. The van der Waals surface area contributed by atoms with Crippen LogP contribution in [-0.4, -0.2) is 31.9 Å². The number of aryl methyl sites for hydroxylation is 2. The lowest BCUT2D eigenvalue weighted by atomic mass is 9.94. The number of aliphatic hydroxyl groups is 1. The highest BCUT2D eigenvalue weighted by Gasteiger charge is 2.23. The second-order valence-corrected chi connectivity index (χ2v) is 7.84. The summed E-state index contributed by atoms with van der Waals surface area (Å²) in [7, 11) is 0. The van der Waals surface area contributed by atoms with Crippen LogP contribution in [-0.2, 0) is 6.61 Å². The zero-order valence-corrected chi connectivity index (χ0v) is 18.3. The van der Waals surface area contributed by atoms with Gasteiger partial charge < -0.3 is 9.84 Å². The van der Waals surface area contributed by atoms with Gasteiger partial charge in [-0.1, -0.05) is 12.1 Å². The van der Waals surface area contributed by atoms with E-state index in [0.717, 1.165) is 11.3 Å². The normalized spacial score (nSPS) is 12.2. The number of fused-ring (bicyclic) bond motifs is 1. The van der Waals surface area contributed by atoms with Gasteiger partial charge in [0, 0.05) is 30.4 Å². The molecule has 4 rings (SSSR count). The average molecular weight is 451 g/mol. The van der Waals surface area contributed by atoms with Crippen LogP contribution in [0.4, 0.5) is 8.78 Å². The van der Waals surface area contributed by atoms with Gasteiger partial charge in [0.2, 0.25) is 0 Å². The summed E-state index contributed by atoms with van der Waals surface area (Å²) in [6, 6.07) is 10.6. The van der Waals surface area contributed by atoms with Crippen molar-refractivity contribution >= 4 is 11.4 Å². The number of benzene rings is 1. The lowest BCUT2D eigenvalue weighted by molar-refractivity contribution is 0.0953. The molecule has 1 unspecified atom stereocenters. The first-order chi connectivity index (χ1) is 15.9. The van der Waals surface area contributed by atoms with Crippen LogP contribution in [0.5, 0.6) is 5.75 Å². The average Bonchev–Trinajstić information content (AvgIpc) is 3.14. The van der Waals surface area contributed by atoms with E-state index in [0.29, 0.717) is 22.8 Å². The maximum Gasteiger partial charge on any atom is 0.182 e. The molecule has 0 bridgehead atoms. The molecule has 0 saturated heterocycles. The molecule has 3 aromatic heterocycles. The number of carbonyl (C=O) groups is 1. The van der Waals surface area contributed by atoms with E-state index < -0.39 is 17.6 Å². The number of hydrogen-bond acceptors (Lipinski definition) is 5. The van der Waals surface area contributed by atoms with Crippen LogP contribution in [0.1, 0.15) is 45.3 Å². The third kappa shape index (κ3) is 4.61. The maximum absolute atomic E-state index is 13.9. The van der Waals surface area contributed by atoms with E-state index in [1.807, 2.05) is 19.1 Å². The van der Waals surface area contributed by atoms with Gasteiger partial charge in [0.05, 0.1) is 17.9 Å². The van der Waals surface area contributed by atoms with Crippen LogP contribution >= 0.6 is 0 Å². The number of carbonyl (C=O) groups excluding carboxylic acids is 1. The Bertz CT molecular complexity index is 1280. The van der Waals surface area contributed by atoms with Crippen molar-refractivity contribution in [2.75, 3.05) is 6.61 Å². The number of hydrogen-bond donors (Lipinski definition) is 1. The molecule has 170 valence electrons. The molecule has 0 radical (unpaired) electrons. The van der Waals surface area contributed by atoms with Gasteiger partial charge in [-0.25, -0.2) is 13.8 Å². The predicted molar refractivity (Wildman–Crippen MR) is 118 cm³/mol. The van der Waals surface area contributed by atoms with E-state index >= 15 is 0 Å². The van der Waals surface area contributed by atoms with Crippen LogP contribution in [0.25, 0.3) is 5.65 Å². The van der Waals surface area contributed by atoms with Crippen molar-refractivity contribution in [1.29, 1.82) is 0 Å². The summed E-state index contributed by atoms with van der Waals surface area (Å²) in [6.07, 6.45) is 3.42. The highest BCUT2D eigenvalue weighted by Crippen LogP contribution is 2.27. The van der Waals surface area contributed by atoms with Gasteiger partial charge in [-0.2, -0.15) is 0 Å². The Morgan fingerprint density at radius 1 is 1.12 bits per heavy atom. The zero-order chi connectivity index (χ0) is 23.5. The quantitative estimate of drug-likeness (QED) is 0.398. The summed E-state index contributed by atoms with van der Waals surface area (Å²) in [5.74, 6) is -1.70. The molecule has 0 aliphatic carbocycles. The number of aliphatic hydroxyl groups excluding tert-OH is 1. The summed E-state index contributed by atoms with van der Waals surface area (Å²) < 4.78 is 35.2. The molecule has 0 saturated carbocycles. The number of ether oxygens (including phenoxy) is 1. The van der Waals surface area contributed by atoms with Crippen molar-refractivity contribution in [3.63, 3.8) is 0 Å². The molecule has 3 heterocycles. The number of rotatable bonds is 8. The van der Waals surface area contributed by atoms with Crippen molar-refractivity contribution in [1.82, 2.24) is 14.4 Å². The predicted octanol–water partition coefficient (Wildman–Crippen LogP) is 4.55. The fraction of sp³-hybridized carbons (Fsp3) is 0.240. The molecule has 0 spiro atoms. The van der Waals surface area contributed by atoms with E-state index in [4.69, 9.17) is 4.74 Å². The van der Waals surface area contributed by atoms with Gasteiger partial charge in [0.25, 0.3) is 0 Å². The SMILES string of the molecule is Cc1ccc(C(CO)CC(=O)c2c(C)nc3c(OCc4c(F)cccc4F)cccn23)cn1. The monoisotopic (exact) mass is 451 g/mol. The van der Waals surface area contributed by atoms with Crippen LogP contribution < -0.4 is 4.74 Å². The van der Waals surface area contributed by atoms with E-state index in [9.17, 15) is 18.7 Å². The van der Waals surface area contributed by atoms with Crippen molar-refractivity contribution in [3.8, 4) is 5.75 Å². The van der Waals surface area contributed by atoms with Gasteiger partial charge >= 0.3 is 0 Å². The Hall–Kier alpha value is -3.65. The second kappa shape index (κ2) is 9.46. The number of Topliss-reactive ketones (excluding diaryl/α,β-unsaturated/α-hetero) is 1. The summed E-state index contributed by atoms with van der Waals surface area (Å²) in [4.78, 5) is 21.9. The zero-order valence-electron chi connectivity index (χ0n) is 18.3. The molecule has 0 fully saturated rings. The topological polar surface area (TPSA) is 76.7 Å². The Morgan fingerprint density at radius 3 is 2.55 bits per heavy atom. The van der Waals surface area contributed by atoms with Crippen molar-refractivity contribution in [2.24, 2.45) is 0 Å². The van der Waals surface area contributed by atoms with Gasteiger partial charge in [-0.3, -0.25) is 14.2 Å². The Morgan fingerprint density at radius 2 is 1.88 bits per heavy atom. The fourth-order valence-electron chi connectivity index (χ4n) is 3.75. The summed E-state index contributed by atoms with van der Waals surface area (Å²) in [6.45, 7) is 3.06. The molecular formula is C25H23F2N3O3. The first kappa shape index (κ1) is 22.5. The Balaban J connectivity index is 1.60. The third-order valence-electron chi connectivity index (χ3n) is 5.54. The molecule has 6 nitrogen and oxygen atoms in total. The molecule has 1 N–H and O–H groups in total. The van der Waals surface area contributed by atoms with Gasteiger partial charge in [0.1, 0.15) is 23.9 Å². The summed E-state index contributed by atoms with van der Waals surface area (Å²) in [5, 5.41) is 9.86. The smallest absolute Gasteiger partial charge is 0.182 e. The van der Waals surface area contributed by atoms with E-state index in [1.165, 1.54) is 18.2 Å². The van der Waals surface area contributed by atoms with Gasteiger partial charge in [-0.15, -0.1) is 0 Å². The van der Waals surface area contributed by atoms with Crippen LogP contribution in [0.2, 0.25) is 0 Å². The molecule has 0 aliphatic rings. The van der Waals surface area contributed by atoms with E-state index in [2.05, 4.69) is 9.97 Å². The van der Waals surface area contributed by atoms with Crippen LogP contribution in [0.3, 0.4) is 0 Å². The summed E-state index contributed by atoms with van der Waals surface area (Å²) >= 11 is 0. The van der Waals surface area contributed by atoms with Crippen molar-refractivity contribution < 1.29 is 23.4 Å². The fourth-order valence-corrected chi connectivity index (χ4v) is 3.75. The van der Waals surface area contributed by atoms with Gasteiger partial charge in [0.15, 0.2) is 17.2 Å². The maximum atomic E-state index is 13.9. The minimum atomic E-state index is -0.696. The first-order valence-corrected chi connectivity index (χ1v) is 10.5. The van der Waals surface area contributed by atoms with E-state index in [1.54, 1.807) is 35.9 Å². The number of pyridine rings is 2. The van der Waals surface area contributed by atoms with E-state index in [-0.39, 0.29) is 31.0 Å². The Labute approximate surface area is 189 Å². The molecular weight excluding hydrogens is 428 g/mol. The second-order valence-electron chi connectivity index (χ2n) is 7.84. The lowest BCUT2D eigenvalue weighted by Crippen LogP contribution is -2.14. The number of ketones is 1. The molecule has 0 aliphatic heterocycles. The van der Waals surface area contributed by atoms with Crippen LogP contribution in [0, 0.1) is 25.5 Å². The molecule has 1 atom stereocenters. The minimum Gasteiger partial charge on any atom is -0.485 e. The molecule has 33 heavy (non-hydrogen) atoms. The largest absolute Gasteiger partial charge is 0.485 e. The number of aromatic nitrogens is 3. The first-order valence-electron chi connectivity index (χ1n) is 10.5. The molecule has 0 amide bonds. The van der Waals surface area contributed by atoms with Crippen molar-refractivity contribution in [2.45, 2.75) is 32.8 Å². The molecule has 4 aromatic rings. The minimum absolute atomic E-state index is 0.0708. The highest BCUT2D eigenvalue weighted by molar-refractivity contribution is 5.97. The molecule has 1 aromatic carbocycles.